The molecule has 0 radical (unpaired) electrons. The third-order valence-electron chi connectivity index (χ3n) is 4.65. The fourth-order valence-electron chi connectivity index (χ4n) is 3.32. The molecule has 2 unspecified atom stereocenters. The molecule has 0 spiro atoms. The molecule has 2 saturated carbocycles. The van der Waals surface area contributed by atoms with Gasteiger partial charge in [-0.1, -0.05) is 30.3 Å². The zero-order chi connectivity index (χ0) is 12.4. The van der Waals surface area contributed by atoms with Crippen molar-refractivity contribution in [2.75, 3.05) is 6.54 Å². The van der Waals surface area contributed by atoms with E-state index in [9.17, 15) is 0 Å². The first-order valence-corrected chi connectivity index (χ1v) is 7.38. The average Bonchev–Trinajstić information content (AvgIpc) is 3.20. The Morgan fingerprint density at radius 3 is 2.44 bits per heavy atom. The third-order valence-corrected chi connectivity index (χ3v) is 4.65. The van der Waals surface area contributed by atoms with Gasteiger partial charge in [-0.05, 0) is 50.1 Å². The Labute approximate surface area is 110 Å². The zero-order valence-corrected chi connectivity index (χ0v) is 11.0. The second kappa shape index (κ2) is 5.41. The van der Waals surface area contributed by atoms with Gasteiger partial charge in [0, 0.05) is 18.0 Å². The molecule has 2 atom stereocenters. The summed E-state index contributed by atoms with van der Waals surface area (Å²) in [5.74, 6) is 1.55. The molecule has 98 valence electrons. The van der Waals surface area contributed by atoms with Gasteiger partial charge in [-0.15, -0.1) is 0 Å². The van der Waals surface area contributed by atoms with E-state index in [0.29, 0.717) is 0 Å². The summed E-state index contributed by atoms with van der Waals surface area (Å²) in [6, 6.07) is 12.4. The molecule has 0 amide bonds. The lowest BCUT2D eigenvalue weighted by atomic mass is 9.86. The van der Waals surface area contributed by atoms with E-state index in [2.05, 4.69) is 35.6 Å². The highest BCUT2D eigenvalue weighted by molar-refractivity contribution is 5.27. The molecule has 0 aliphatic heterocycles. The summed E-state index contributed by atoms with van der Waals surface area (Å²) in [7, 11) is 0. The van der Waals surface area contributed by atoms with Crippen molar-refractivity contribution in [2.45, 2.75) is 50.1 Å². The SMILES string of the molecule is NCC1CCC(NC2CC2c2ccccc2)CC1. The minimum atomic E-state index is 0.729. The molecular formula is C16H24N2. The minimum Gasteiger partial charge on any atom is -0.330 e. The first-order chi connectivity index (χ1) is 8.86. The van der Waals surface area contributed by atoms with Gasteiger partial charge in [0.05, 0.1) is 0 Å². The summed E-state index contributed by atoms with van der Waals surface area (Å²) in [6.45, 7) is 0.878. The molecule has 3 N–H and O–H groups in total. The normalized spacial score (nSPS) is 35.4. The fraction of sp³-hybridized carbons (Fsp3) is 0.625. The van der Waals surface area contributed by atoms with Crippen molar-refractivity contribution in [3.05, 3.63) is 35.9 Å². The van der Waals surface area contributed by atoms with E-state index in [1.54, 1.807) is 0 Å². The van der Waals surface area contributed by atoms with E-state index in [-0.39, 0.29) is 0 Å². The Kier molecular flexibility index (Phi) is 3.67. The molecule has 2 fully saturated rings. The zero-order valence-electron chi connectivity index (χ0n) is 11.0. The second-order valence-corrected chi connectivity index (χ2v) is 5.98. The van der Waals surface area contributed by atoms with E-state index in [4.69, 9.17) is 5.73 Å². The highest BCUT2D eigenvalue weighted by Gasteiger charge is 2.39. The maximum absolute atomic E-state index is 5.74. The van der Waals surface area contributed by atoms with E-state index in [1.807, 2.05) is 0 Å². The van der Waals surface area contributed by atoms with Crippen LogP contribution in [0, 0.1) is 5.92 Å². The summed E-state index contributed by atoms with van der Waals surface area (Å²) < 4.78 is 0. The van der Waals surface area contributed by atoms with E-state index in [1.165, 1.54) is 37.7 Å². The Hall–Kier alpha value is -0.860. The van der Waals surface area contributed by atoms with Crippen LogP contribution >= 0.6 is 0 Å². The van der Waals surface area contributed by atoms with Crippen LogP contribution in [0.25, 0.3) is 0 Å². The van der Waals surface area contributed by atoms with Crippen LogP contribution in [0.1, 0.15) is 43.6 Å². The summed E-state index contributed by atoms with van der Waals surface area (Å²) in [5.41, 5.74) is 7.25. The van der Waals surface area contributed by atoms with Gasteiger partial charge in [0.25, 0.3) is 0 Å². The van der Waals surface area contributed by atoms with Crippen LogP contribution in [0.4, 0.5) is 0 Å². The smallest absolute Gasteiger partial charge is 0.0145 e. The number of hydrogen-bond donors (Lipinski definition) is 2. The minimum absolute atomic E-state index is 0.729. The number of benzene rings is 1. The summed E-state index contributed by atoms with van der Waals surface area (Å²) in [4.78, 5) is 0. The first-order valence-electron chi connectivity index (χ1n) is 7.38. The van der Waals surface area contributed by atoms with Gasteiger partial charge in [0.1, 0.15) is 0 Å². The molecule has 0 saturated heterocycles. The topological polar surface area (TPSA) is 38.0 Å². The predicted molar refractivity (Wildman–Crippen MR) is 75.5 cm³/mol. The molecular weight excluding hydrogens is 220 g/mol. The van der Waals surface area contributed by atoms with Crippen LogP contribution in [0.15, 0.2) is 30.3 Å². The molecule has 1 aromatic rings. The summed E-state index contributed by atoms with van der Waals surface area (Å²) >= 11 is 0. The van der Waals surface area contributed by atoms with Crippen molar-refractivity contribution < 1.29 is 0 Å². The van der Waals surface area contributed by atoms with E-state index < -0.39 is 0 Å². The largest absolute Gasteiger partial charge is 0.330 e. The maximum atomic E-state index is 5.74. The van der Waals surface area contributed by atoms with Crippen LogP contribution in [0.5, 0.6) is 0 Å². The third kappa shape index (κ3) is 2.76. The van der Waals surface area contributed by atoms with Gasteiger partial charge in [0.2, 0.25) is 0 Å². The van der Waals surface area contributed by atoms with E-state index >= 15 is 0 Å². The Bertz CT molecular complexity index is 368. The van der Waals surface area contributed by atoms with Gasteiger partial charge in [0.15, 0.2) is 0 Å². The summed E-state index contributed by atoms with van der Waals surface area (Å²) in [5, 5.41) is 3.85. The monoisotopic (exact) mass is 244 g/mol. The average molecular weight is 244 g/mol. The Morgan fingerprint density at radius 2 is 1.78 bits per heavy atom. The van der Waals surface area contributed by atoms with Gasteiger partial charge < -0.3 is 11.1 Å². The van der Waals surface area contributed by atoms with Gasteiger partial charge in [-0.3, -0.25) is 0 Å². The number of nitrogens with two attached hydrogens (primary N) is 1. The quantitative estimate of drug-likeness (QED) is 0.854. The maximum Gasteiger partial charge on any atom is 0.0145 e. The standard InChI is InChI=1S/C16H24N2/c17-11-12-6-8-14(9-7-12)18-16-10-15(16)13-4-2-1-3-5-13/h1-5,12,14-16,18H,6-11,17H2. The van der Waals surface area contributed by atoms with Crippen LogP contribution in [-0.2, 0) is 0 Å². The van der Waals surface area contributed by atoms with Crippen LogP contribution in [-0.4, -0.2) is 18.6 Å². The fourth-order valence-corrected chi connectivity index (χ4v) is 3.32. The molecule has 0 bridgehead atoms. The second-order valence-electron chi connectivity index (χ2n) is 5.98. The van der Waals surface area contributed by atoms with Crippen molar-refractivity contribution >= 4 is 0 Å². The Balaban J connectivity index is 1.46. The number of nitrogens with one attached hydrogen (secondary N) is 1. The molecule has 3 rings (SSSR count). The lowest BCUT2D eigenvalue weighted by molar-refractivity contribution is 0.294. The summed E-state index contributed by atoms with van der Waals surface area (Å²) in [6.07, 6.45) is 6.59. The van der Waals surface area contributed by atoms with E-state index in [0.717, 1.165) is 30.5 Å². The van der Waals surface area contributed by atoms with Crippen LogP contribution in [0.3, 0.4) is 0 Å². The van der Waals surface area contributed by atoms with Crippen molar-refractivity contribution in [3.63, 3.8) is 0 Å². The van der Waals surface area contributed by atoms with Gasteiger partial charge in [-0.2, -0.15) is 0 Å². The lowest BCUT2D eigenvalue weighted by Crippen LogP contribution is -2.36. The van der Waals surface area contributed by atoms with Crippen molar-refractivity contribution in [2.24, 2.45) is 11.7 Å². The number of hydrogen-bond acceptors (Lipinski definition) is 2. The molecule has 2 heteroatoms. The molecule has 2 aliphatic rings. The van der Waals surface area contributed by atoms with Crippen molar-refractivity contribution in [3.8, 4) is 0 Å². The van der Waals surface area contributed by atoms with Crippen molar-refractivity contribution in [1.82, 2.24) is 5.32 Å². The van der Waals surface area contributed by atoms with Gasteiger partial charge >= 0.3 is 0 Å². The molecule has 1 aromatic carbocycles. The van der Waals surface area contributed by atoms with Crippen molar-refractivity contribution in [1.29, 1.82) is 0 Å². The molecule has 2 nitrogen and oxygen atoms in total. The van der Waals surface area contributed by atoms with Gasteiger partial charge in [-0.25, -0.2) is 0 Å². The Morgan fingerprint density at radius 1 is 1.06 bits per heavy atom. The van der Waals surface area contributed by atoms with Crippen LogP contribution < -0.4 is 11.1 Å². The highest BCUT2D eigenvalue weighted by atomic mass is 15.0. The first kappa shape index (κ1) is 12.2. The van der Waals surface area contributed by atoms with Crippen LogP contribution in [0.2, 0.25) is 0 Å². The molecule has 18 heavy (non-hydrogen) atoms. The molecule has 2 aliphatic carbocycles. The number of rotatable bonds is 4. The lowest BCUT2D eigenvalue weighted by Gasteiger charge is -2.28. The molecule has 0 aromatic heterocycles. The predicted octanol–water partition coefficient (Wildman–Crippen LogP) is 2.65. The highest BCUT2D eigenvalue weighted by Crippen LogP contribution is 2.41. The molecule has 0 heterocycles.